The highest BCUT2D eigenvalue weighted by atomic mass is 79.9. The molecule has 0 saturated carbocycles. The molecule has 174 valence electrons. The molecule has 2 heterocycles. The largest absolute Gasteiger partial charge is 0.349 e. The number of amides is 2. The van der Waals surface area contributed by atoms with Gasteiger partial charge in [0.25, 0.3) is 0 Å². The van der Waals surface area contributed by atoms with Gasteiger partial charge in [0.2, 0.25) is 29.0 Å². The van der Waals surface area contributed by atoms with Crippen LogP contribution in [0.25, 0.3) is 0 Å². The molecule has 6 nitrogen and oxygen atoms in total. The Bertz CT molecular complexity index is 1440. The lowest BCUT2D eigenvalue weighted by Crippen LogP contribution is -2.51. The van der Waals surface area contributed by atoms with E-state index < -0.39 is 46.9 Å². The number of halogens is 1. The molecular formula is C28H20BrNO5. The van der Waals surface area contributed by atoms with Crippen molar-refractivity contribution in [3.05, 3.63) is 99.0 Å². The minimum absolute atomic E-state index is 0.219. The van der Waals surface area contributed by atoms with Gasteiger partial charge in [0.15, 0.2) is 0 Å². The third kappa shape index (κ3) is 2.85. The van der Waals surface area contributed by atoms with E-state index in [1.165, 1.54) is 0 Å². The highest BCUT2D eigenvalue weighted by molar-refractivity contribution is 9.10. The first-order valence-corrected chi connectivity index (χ1v) is 12.1. The summed E-state index contributed by atoms with van der Waals surface area (Å²) >= 11 is 3.44. The van der Waals surface area contributed by atoms with E-state index in [1.54, 1.807) is 54.6 Å². The summed E-state index contributed by atoms with van der Waals surface area (Å²) < 4.78 is 7.06. The third-order valence-corrected chi connectivity index (χ3v) is 7.94. The number of hydrogen-bond acceptors (Lipinski definition) is 5. The number of Topliss-reactive ketones (excluding diaryl/α,β-unsaturated/α-hetero) is 2. The number of ether oxygens (including phenoxy) is 1. The summed E-state index contributed by atoms with van der Waals surface area (Å²) in [4.78, 5) is 56.5. The Kier molecular flexibility index (Phi) is 4.75. The number of benzene rings is 3. The standard InChI is InChI=1S/C28H20BrNO5/c1-14-10-11-18(12-15(14)2)30-26(33)21-22(27(30)34)28(35-23(21)16-6-5-7-17(29)13-16)24(31)19-8-3-4-9-20(19)25(28)32/h3-13,21-23H,1-2H3/t21-,22-,23-/m0/s1. The zero-order valence-corrected chi connectivity index (χ0v) is 20.5. The molecule has 6 rings (SSSR count). The van der Waals surface area contributed by atoms with E-state index in [1.807, 2.05) is 26.0 Å². The topological polar surface area (TPSA) is 80.8 Å². The molecule has 35 heavy (non-hydrogen) atoms. The van der Waals surface area contributed by atoms with Gasteiger partial charge in [0.05, 0.1) is 23.6 Å². The van der Waals surface area contributed by atoms with Gasteiger partial charge in [0.1, 0.15) is 0 Å². The highest BCUT2D eigenvalue weighted by Crippen LogP contribution is 2.57. The van der Waals surface area contributed by atoms with Gasteiger partial charge in [-0.05, 0) is 54.8 Å². The van der Waals surface area contributed by atoms with E-state index in [2.05, 4.69) is 15.9 Å². The highest BCUT2D eigenvalue weighted by Gasteiger charge is 2.74. The van der Waals surface area contributed by atoms with Crippen LogP contribution in [0.15, 0.2) is 71.2 Å². The number of carbonyl (C=O) groups excluding carboxylic acids is 4. The number of carbonyl (C=O) groups is 4. The van der Waals surface area contributed by atoms with E-state index in [0.29, 0.717) is 11.3 Å². The van der Waals surface area contributed by atoms with Crippen LogP contribution in [0.1, 0.15) is 43.5 Å². The van der Waals surface area contributed by atoms with E-state index in [9.17, 15) is 19.2 Å². The summed E-state index contributed by atoms with van der Waals surface area (Å²) in [6.07, 6.45) is -0.937. The Balaban J connectivity index is 1.55. The summed E-state index contributed by atoms with van der Waals surface area (Å²) in [6.45, 7) is 3.85. The molecule has 3 aliphatic rings. The molecular weight excluding hydrogens is 510 g/mol. The van der Waals surface area contributed by atoms with Gasteiger partial charge in [-0.2, -0.15) is 0 Å². The number of ketones is 2. The Morgan fingerprint density at radius 2 is 1.49 bits per heavy atom. The van der Waals surface area contributed by atoms with Crippen molar-refractivity contribution >= 4 is 45.0 Å². The van der Waals surface area contributed by atoms with Crippen LogP contribution in [-0.2, 0) is 14.3 Å². The fourth-order valence-corrected chi connectivity index (χ4v) is 6.04. The molecule has 1 aliphatic carbocycles. The summed E-state index contributed by atoms with van der Waals surface area (Å²) in [6, 6.07) is 19.0. The fraction of sp³-hybridized carbons (Fsp3) is 0.214. The second-order valence-corrected chi connectivity index (χ2v) is 10.2. The smallest absolute Gasteiger partial charge is 0.241 e. The van der Waals surface area contributed by atoms with Crippen LogP contribution in [0.5, 0.6) is 0 Å². The fourth-order valence-electron chi connectivity index (χ4n) is 5.62. The van der Waals surface area contributed by atoms with Crippen molar-refractivity contribution < 1.29 is 23.9 Å². The molecule has 3 aromatic rings. The maximum atomic E-state index is 14.0. The molecule has 2 aliphatic heterocycles. The lowest BCUT2D eigenvalue weighted by atomic mass is 9.77. The van der Waals surface area contributed by atoms with Crippen molar-refractivity contribution in [1.82, 2.24) is 0 Å². The van der Waals surface area contributed by atoms with Crippen molar-refractivity contribution in [1.29, 1.82) is 0 Å². The van der Waals surface area contributed by atoms with Crippen molar-refractivity contribution in [2.24, 2.45) is 11.8 Å². The van der Waals surface area contributed by atoms with Gasteiger partial charge in [0, 0.05) is 15.6 Å². The maximum absolute atomic E-state index is 14.0. The minimum atomic E-state index is -2.07. The van der Waals surface area contributed by atoms with Crippen molar-refractivity contribution in [3.63, 3.8) is 0 Å². The quantitative estimate of drug-likeness (QED) is 0.353. The monoisotopic (exact) mass is 529 g/mol. The predicted octanol–water partition coefficient (Wildman–Crippen LogP) is 4.76. The molecule has 0 bridgehead atoms. The van der Waals surface area contributed by atoms with Crippen LogP contribution in [0, 0.1) is 25.7 Å². The summed E-state index contributed by atoms with van der Waals surface area (Å²) in [7, 11) is 0. The van der Waals surface area contributed by atoms with Gasteiger partial charge < -0.3 is 4.74 Å². The first-order valence-electron chi connectivity index (χ1n) is 11.3. The summed E-state index contributed by atoms with van der Waals surface area (Å²) in [5.41, 5.74) is 1.36. The van der Waals surface area contributed by atoms with Crippen LogP contribution in [0.2, 0.25) is 0 Å². The zero-order valence-electron chi connectivity index (χ0n) is 18.9. The number of rotatable bonds is 2. The van der Waals surface area contributed by atoms with Crippen LogP contribution >= 0.6 is 15.9 Å². The van der Waals surface area contributed by atoms with Gasteiger partial charge >= 0.3 is 0 Å². The van der Waals surface area contributed by atoms with Gasteiger partial charge in [-0.25, -0.2) is 4.90 Å². The van der Waals surface area contributed by atoms with Crippen LogP contribution in [0.4, 0.5) is 5.69 Å². The Morgan fingerprint density at radius 1 is 0.800 bits per heavy atom. The van der Waals surface area contributed by atoms with E-state index >= 15 is 0 Å². The number of aryl methyl sites for hydroxylation is 2. The van der Waals surface area contributed by atoms with E-state index in [0.717, 1.165) is 20.5 Å². The summed E-state index contributed by atoms with van der Waals surface area (Å²) in [5, 5.41) is 0. The van der Waals surface area contributed by atoms with Crippen LogP contribution in [0.3, 0.4) is 0 Å². The molecule has 7 heteroatoms. The number of fused-ring (bicyclic) bond motifs is 3. The molecule has 3 aromatic carbocycles. The first kappa shape index (κ1) is 22.1. The molecule has 0 unspecified atom stereocenters. The molecule has 1 spiro atoms. The molecule has 2 amide bonds. The maximum Gasteiger partial charge on any atom is 0.241 e. The van der Waals surface area contributed by atoms with Gasteiger partial charge in [-0.3, -0.25) is 19.2 Å². The first-order chi connectivity index (χ1) is 16.8. The Labute approximate surface area is 210 Å². The zero-order chi connectivity index (χ0) is 24.6. The molecule has 0 N–H and O–H groups in total. The Morgan fingerprint density at radius 3 is 2.11 bits per heavy atom. The molecule has 0 aromatic heterocycles. The number of imide groups is 1. The lowest BCUT2D eigenvalue weighted by Gasteiger charge is -2.27. The minimum Gasteiger partial charge on any atom is -0.349 e. The summed E-state index contributed by atoms with van der Waals surface area (Å²) in [5.74, 6) is -4.45. The molecule has 3 atom stereocenters. The van der Waals surface area contributed by atoms with Crippen molar-refractivity contribution in [2.75, 3.05) is 4.90 Å². The van der Waals surface area contributed by atoms with Gasteiger partial charge in [-0.15, -0.1) is 0 Å². The van der Waals surface area contributed by atoms with Crippen molar-refractivity contribution in [3.8, 4) is 0 Å². The van der Waals surface area contributed by atoms with E-state index in [-0.39, 0.29) is 11.1 Å². The number of hydrogen-bond donors (Lipinski definition) is 0. The Hall–Kier alpha value is -3.42. The van der Waals surface area contributed by atoms with Gasteiger partial charge in [-0.1, -0.05) is 58.4 Å². The normalized spacial score (nSPS) is 24.4. The average molecular weight is 530 g/mol. The lowest BCUT2D eigenvalue weighted by molar-refractivity contribution is -0.127. The van der Waals surface area contributed by atoms with Crippen LogP contribution in [-0.4, -0.2) is 29.0 Å². The third-order valence-electron chi connectivity index (χ3n) is 7.44. The number of nitrogens with zero attached hydrogens (tertiary/aromatic N) is 1. The van der Waals surface area contributed by atoms with Crippen molar-refractivity contribution in [2.45, 2.75) is 25.6 Å². The second kappa shape index (κ2) is 7.54. The molecule has 2 fully saturated rings. The van der Waals surface area contributed by atoms with Crippen LogP contribution < -0.4 is 4.90 Å². The predicted molar refractivity (Wildman–Crippen MR) is 131 cm³/mol. The second-order valence-electron chi connectivity index (χ2n) is 9.32. The molecule has 0 radical (unpaired) electrons. The van der Waals surface area contributed by atoms with E-state index in [4.69, 9.17) is 4.74 Å². The molecule has 2 saturated heterocycles. The number of anilines is 1. The average Bonchev–Trinajstić information content (AvgIpc) is 3.41. The SMILES string of the molecule is Cc1ccc(N2C(=O)[C@H]3[C@@H](C2=O)C2(O[C@H]3c3cccc(Br)c3)C(=O)c3ccccc3C2=O)cc1C.